The highest BCUT2D eigenvalue weighted by Crippen LogP contribution is 2.19. The number of rotatable bonds is 2. The lowest BCUT2D eigenvalue weighted by atomic mass is 9.95. The molecule has 0 amide bonds. The van der Waals surface area contributed by atoms with Crippen LogP contribution in [0.2, 0.25) is 0 Å². The smallest absolute Gasteiger partial charge is 0.149 e. The summed E-state index contributed by atoms with van der Waals surface area (Å²) >= 11 is 0. The molecule has 2 rings (SSSR count). The minimum absolute atomic E-state index is 0.256. The largest absolute Gasteiger partial charge is 0.481 e. The molecular formula is C17H18O3. The Morgan fingerprint density at radius 2 is 2.15 bits per heavy atom. The van der Waals surface area contributed by atoms with Gasteiger partial charge in [-0.25, -0.2) is 0 Å². The Labute approximate surface area is 119 Å². The molecule has 3 nitrogen and oxygen atoms in total. The summed E-state index contributed by atoms with van der Waals surface area (Å²) in [5, 5.41) is 10.2. The van der Waals surface area contributed by atoms with Crippen molar-refractivity contribution < 1.29 is 14.6 Å². The summed E-state index contributed by atoms with van der Waals surface area (Å²) in [6, 6.07) is 7.57. The molecule has 1 aromatic carbocycles. The fourth-order valence-electron chi connectivity index (χ4n) is 1.96. The van der Waals surface area contributed by atoms with Gasteiger partial charge in [0.25, 0.3) is 0 Å². The Morgan fingerprint density at radius 3 is 2.90 bits per heavy atom. The highest BCUT2D eigenvalue weighted by Gasteiger charge is 2.27. The molecule has 1 aromatic rings. The highest BCUT2D eigenvalue weighted by atomic mass is 16.5. The summed E-state index contributed by atoms with van der Waals surface area (Å²) in [7, 11) is 0. The zero-order valence-corrected chi connectivity index (χ0v) is 11.6. The number of benzene rings is 1. The first-order chi connectivity index (χ1) is 9.72. The molecular weight excluding hydrogens is 252 g/mol. The van der Waals surface area contributed by atoms with Crippen LogP contribution in [-0.4, -0.2) is 30.5 Å². The predicted molar refractivity (Wildman–Crippen MR) is 77.3 cm³/mol. The van der Waals surface area contributed by atoms with Crippen molar-refractivity contribution in [1.29, 1.82) is 0 Å². The summed E-state index contributed by atoms with van der Waals surface area (Å²) < 4.78 is 10.8. The van der Waals surface area contributed by atoms with Crippen molar-refractivity contribution in [3.05, 3.63) is 29.8 Å². The number of aliphatic hydroxyl groups is 1. The lowest BCUT2D eigenvalue weighted by Gasteiger charge is -2.26. The summed E-state index contributed by atoms with van der Waals surface area (Å²) in [5.74, 6) is 12.3. The zero-order chi connectivity index (χ0) is 14.3. The topological polar surface area (TPSA) is 38.7 Å². The van der Waals surface area contributed by atoms with E-state index < -0.39 is 5.60 Å². The van der Waals surface area contributed by atoms with Crippen molar-refractivity contribution in [2.45, 2.75) is 25.4 Å². The van der Waals surface area contributed by atoms with E-state index in [0.717, 1.165) is 11.3 Å². The quantitative estimate of drug-likeness (QED) is 0.835. The minimum atomic E-state index is -0.919. The molecule has 0 spiro atoms. The van der Waals surface area contributed by atoms with Crippen LogP contribution in [0.25, 0.3) is 0 Å². The van der Waals surface area contributed by atoms with E-state index >= 15 is 0 Å². The molecule has 0 unspecified atom stereocenters. The lowest BCUT2D eigenvalue weighted by molar-refractivity contribution is -0.0262. The van der Waals surface area contributed by atoms with Gasteiger partial charge in [-0.3, -0.25) is 0 Å². The molecule has 0 aliphatic carbocycles. The van der Waals surface area contributed by atoms with Crippen LogP contribution in [0, 0.1) is 23.7 Å². The van der Waals surface area contributed by atoms with Gasteiger partial charge in [0.2, 0.25) is 0 Å². The van der Waals surface area contributed by atoms with Gasteiger partial charge in [0.05, 0.1) is 13.2 Å². The van der Waals surface area contributed by atoms with Crippen LogP contribution >= 0.6 is 0 Å². The average Bonchev–Trinajstić information content (AvgIpc) is 2.45. The number of hydrogen-bond donors (Lipinski definition) is 1. The van der Waals surface area contributed by atoms with E-state index in [4.69, 9.17) is 9.47 Å². The lowest BCUT2D eigenvalue weighted by Crippen LogP contribution is -2.34. The summed E-state index contributed by atoms with van der Waals surface area (Å²) in [4.78, 5) is 0. The van der Waals surface area contributed by atoms with E-state index in [1.165, 1.54) is 0 Å². The normalized spacial score (nSPS) is 16.3. The van der Waals surface area contributed by atoms with Gasteiger partial charge < -0.3 is 14.6 Å². The Kier molecular flexibility index (Phi) is 5.07. The second-order valence-corrected chi connectivity index (χ2v) is 4.64. The maximum Gasteiger partial charge on any atom is 0.149 e. The van der Waals surface area contributed by atoms with Crippen LogP contribution in [-0.2, 0) is 4.74 Å². The molecule has 0 saturated carbocycles. The van der Waals surface area contributed by atoms with E-state index in [-0.39, 0.29) is 6.61 Å². The van der Waals surface area contributed by atoms with E-state index in [1.54, 1.807) is 6.92 Å². The van der Waals surface area contributed by atoms with Crippen molar-refractivity contribution in [1.82, 2.24) is 0 Å². The molecule has 0 aromatic heterocycles. The molecule has 1 aliphatic rings. The predicted octanol–water partition coefficient (Wildman–Crippen LogP) is 1.98. The van der Waals surface area contributed by atoms with Gasteiger partial charge in [-0.2, -0.15) is 0 Å². The molecule has 104 valence electrons. The fraction of sp³-hybridized carbons (Fsp3) is 0.412. The van der Waals surface area contributed by atoms with Crippen molar-refractivity contribution in [2.75, 3.05) is 19.8 Å². The van der Waals surface area contributed by atoms with Crippen LogP contribution in [0.3, 0.4) is 0 Å². The van der Waals surface area contributed by atoms with Gasteiger partial charge in [0.1, 0.15) is 18.0 Å². The van der Waals surface area contributed by atoms with Crippen LogP contribution in [0.5, 0.6) is 5.75 Å². The number of ether oxygens (including phenoxy) is 2. The van der Waals surface area contributed by atoms with E-state index in [0.29, 0.717) is 26.1 Å². The zero-order valence-electron chi connectivity index (χ0n) is 11.6. The molecule has 1 fully saturated rings. The van der Waals surface area contributed by atoms with Crippen molar-refractivity contribution in [2.24, 2.45) is 0 Å². The third-order valence-electron chi connectivity index (χ3n) is 3.06. The molecule has 3 heteroatoms. The molecule has 1 aliphatic heterocycles. The first kappa shape index (κ1) is 14.5. The molecule has 1 N–H and O–H groups in total. The van der Waals surface area contributed by atoms with Crippen LogP contribution in [0.15, 0.2) is 24.3 Å². The maximum atomic E-state index is 10.2. The minimum Gasteiger partial charge on any atom is -0.481 e. The number of hydrogen-bond acceptors (Lipinski definition) is 3. The summed E-state index contributed by atoms with van der Waals surface area (Å²) in [6.45, 7) is 3.17. The van der Waals surface area contributed by atoms with Crippen LogP contribution in [0.1, 0.15) is 25.3 Å². The van der Waals surface area contributed by atoms with E-state index in [2.05, 4.69) is 23.7 Å². The van der Waals surface area contributed by atoms with E-state index in [9.17, 15) is 5.11 Å². The van der Waals surface area contributed by atoms with Gasteiger partial charge in [0.15, 0.2) is 0 Å². The molecule has 1 saturated heterocycles. The molecule has 1 heterocycles. The van der Waals surface area contributed by atoms with Crippen molar-refractivity contribution in [3.8, 4) is 29.4 Å². The second-order valence-electron chi connectivity index (χ2n) is 4.64. The summed E-state index contributed by atoms with van der Waals surface area (Å²) in [6.07, 6.45) is 1.11. The van der Waals surface area contributed by atoms with Gasteiger partial charge >= 0.3 is 0 Å². The standard InChI is InChI=1S/C17H18O3/c1-2-5-15-6-3-7-16(14-15)20-11-4-8-17(18)9-12-19-13-10-17/h3,6-7,14,18H,9-13H2,1H3. The SMILES string of the molecule is CC#Cc1cccc(OCC#CC2(O)CCOCC2)c1. The van der Waals surface area contributed by atoms with Gasteiger partial charge in [-0.15, -0.1) is 5.92 Å². The third-order valence-corrected chi connectivity index (χ3v) is 3.06. The highest BCUT2D eigenvalue weighted by molar-refractivity contribution is 5.39. The molecule has 0 atom stereocenters. The fourth-order valence-corrected chi connectivity index (χ4v) is 1.96. The summed E-state index contributed by atoms with van der Waals surface area (Å²) in [5.41, 5.74) is -0.00189. The van der Waals surface area contributed by atoms with Crippen LogP contribution in [0.4, 0.5) is 0 Å². The second kappa shape index (κ2) is 7.01. The monoisotopic (exact) mass is 270 g/mol. The van der Waals surface area contributed by atoms with Gasteiger partial charge in [0, 0.05) is 18.4 Å². The average molecular weight is 270 g/mol. The van der Waals surface area contributed by atoms with Crippen LogP contribution < -0.4 is 4.74 Å². The first-order valence-corrected chi connectivity index (χ1v) is 6.68. The molecule has 0 bridgehead atoms. The van der Waals surface area contributed by atoms with Crippen molar-refractivity contribution in [3.63, 3.8) is 0 Å². The first-order valence-electron chi connectivity index (χ1n) is 6.68. The van der Waals surface area contributed by atoms with Gasteiger partial charge in [-0.1, -0.05) is 23.8 Å². The third kappa shape index (κ3) is 4.31. The molecule has 20 heavy (non-hydrogen) atoms. The Hall–Kier alpha value is -1.94. The van der Waals surface area contributed by atoms with Gasteiger partial charge in [-0.05, 0) is 25.1 Å². The Morgan fingerprint density at radius 1 is 1.35 bits per heavy atom. The van der Waals surface area contributed by atoms with E-state index in [1.807, 2.05) is 24.3 Å². The molecule has 0 radical (unpaired) electrons. The Bertz CT molecular complexity index is 563. The van der Waals surface area contributed by atoms with Crippen molar-refractivity contribution >= 4 is 0 Å². The maximum absolute atomic E-state index is 10.2. The Balaban J connectivity index is 1.89.